The van der Waals surface area contributed by atoms with Crippen LogP contribution < -0.4 is 5.32 Å². The van der Waals surface area contributed by atoms with Gasteiger partial charge in [-0.25, -0.2) is 0 Å². The zero-order chi connectivity index (χ0) is 9.36. The number of nitrogens with one attached hydrogen (secondary N) is 1. The maximum absolute atomic E-state index is 3.68. The average Bonchev–Trinajstić information content (AvgIpc) is 2.41. The molecule has 1 saturated heterocycles. The molecule has 0 spiro atoms. The van der Waals surface area contributed by atoms with Gasteiger partial charge in [0.05, 0.1) is 0 Å². The fraction of sp³-hybridized carbons (Fsp3) is 0.818. The van der Waals surface area contributed by atoms with E-state index in [2.05, 4.69) is 16.8 Å². The Balaban J connectivity index is 2.01. The zero-order valence-corrected chi connectivity index (χ0v) is 8.60. The maximum atomic E-state index is 3.68. The highest BCUT2D eigenvalue weighted by molar-refractivity contribution is 4.71. The van der Waals surface area contributed by atoms with Crippen LogP contribution in [0.25, 0.3) is 0 Å². The van der Waals surface area contributed by atoms with E-state index in [1.54, 1.807) is 0 Å². The molecule has 0 radical (unpaired) electrons. The van der Waals surface area contributed by atoms with Crippen LogP contribution in [0.3, 0.4) is 0 Å². The SMILES string of the molecule is C=CCNCCN1CCCCCC1. The summed E-state index contributed by atoms with van der Waals surface area (Å²) < 4.78 is 0. The molecule has 0 saturated carbocycles. The summed E-state index contributed by atoms with van der Waals surface area (Å²) >= 11 is 0. The van der Waals surface area contributed by atoms with Crippen LogP contribution in [0.4, 0.5) is 0 Å². The third-order valence-corrected chi connectivity index (χ3v) is 2.59. The number of nitrogens with zero attached hydrogens (tertiary/aromatic N) is 1. The van der Waals surface area contributed by atoms with Gasteiger partial charge in [-0.05, 0) is 25.9 Å². The quantitative estimate of drug-likeness (QED) is 0.513. The molecule has 0 unspecified atom stereocenters. The molecule has 1 rings (SSSR count). The average molecular weight is 182 g/mol. The van der Waals surface area contributed by atoms with Crippen molar-refractivity contribution in [2.24, 2.45) is 0 Å². The van der Waals surface area contributed by atoms with Crippen molar-refractivity contribution in [3.8, 4) is 0 Å². The van der Waals surface area contributed by atoms with Crippen molar-refractivity contribution in [3.05, 3.63) is 12.7 Å². The molecular weight excluding hydrogens is 160 g/mol. The Labute approximate surface area is 82.0 Å². The lowest BCUT2D eigenvalue weighted by atomic mass is 10.2. The molecule has 1 aliphatic heterocycles. The van der Waals surface area contributed by atoms with Crippen LogP contribution in [0.5, 0.6) is 0 Å². The first-order valence-corrected chi connectivity index (χ1v) is 5.47. The fourth-order valence-electron chi connectivity index (χ4n) is 1.80. The highest BCUT2D eigenvalue weighted by Crippen LogP contribution is 2.08. The molecule has 0 aromatic heterocycles. The molecule has 0 bridgehead atoms. The molecule has 2 nitrogen and oxygen atoms in total. The van der Waals surface area contributed by atoms with Crippen LogP contribution >= 0.6 is 0 Å². The molecule has 0 aliphatic carbocycles. The van der Waals surface area contributed by atoms with Gasteiger partial charge in [-0.1, -0.05) is 18.9 Å². The Hall–Kier alpha value is -0.340. The van der Waals surface area contributed by atoms with E-state index in [0.29, 0.717) is 0 Å². The van der Waals surface area contributed by atoms with Crippen molar-refractivity contribution in [1.82, 2.24) is 10.2 Å². The van der Waals surface area contributed by atoms with Crippen LogP contribution in [0.2, 0.25) is 0 Å². The van der Waals surface area contributed by atoms with Crippen LogP contribution in [0.1, 0.15) is 25.7 Å². The number of likely N-dealkylation sites (tertiary alicyclic amines) is 1. The molecule has 1 heterocycles. The Morgan fingerprint density at radius 2 is 1.85 bits per heavy atom. The van der Waals surface area contributed by atoms with Crippen molar-refractivity contribution in [1.29, 1.82) is 0 Å². The smallest absolute Gasteiger partial charge is 0.0132 e. The predicted octanol–water partition coefficient (Wildman–Crippen LogP) is 1.64. The fourth-order valence-corrected chi connectivity index (χ4v) is 1.80. The lowest BCUT2D eigenvalue weighted by Crippen LogP contribution is -2.32. The van der Waals surface area contributed by atoms with Gasteiger partial charge in [-0.3, -0.25) is 0 Å². The monoisotopic (exact) mass is 182 g/mol. The molecule has 0 aromatic carbocycles. The number of hydrogen-bond donors (Lipinski definition) is 1. The Bertz CT molecular complexity index is 126. The van der Waals surface area contributed by atoms with E-state index < -0.39 is 0 Å². The van der Waals surface area contributed by atoms with Gasteiger partial charge in [0.25, 0.3) is 0 Å². The molecule has 0 atom stereocenters. The van der Waals surface area contributed by atoms with Crippen molar-refractivity contribution in [3.63, 3.8) is 0 Å². The minimum absolute atomic E-state index is 0.938. The maximum Gasteiger partial charge on any atom is 0.0132 e. The Morgan fingerprint density at radius 3 is 2.46 bits per heavy atom. The van der Waals surface area contributed by atoms with Gasteiger partial charge < -0.3 is 10.2 Å². The van der Waals surface area contributed by atoms with Crippen LogP contribution in [0, 0.1) is 0 Å². The lowest BCUT2D eigenvalue weighted by molar-refractivity contribution is 0.286. The summed E-state index contributed by atoms with van der Waals surface area (Å²) in [6.45, 7) is 9.53. The van der Waals surface area contributed by atoms with Crippen LogP contribution in [-0.2, 0) is 0 Å². The molecule has 1 N–H and O–H groups in total. The molecule has 0 aromatic rings. The summed E-state index contributed by atoms with van der Waals surface area (Å²) in [6.07, 6.45) is 7.55. The largest absolute Gasteiger partial charge is 0.312 e. The standard InChI is InChI=1S/C11H22N2/c1-2-7-12-8-11-13-9-5-3-4-6-10-13/h2,12H,1,3-11H2. The predicted molar refractivity (Wildman–Crippen MR) is 58.0 cm³/mol. The molecule has 76 valence electrons. The Kier molecular flexibility index (Phi) is 5.87. The number of rotatable bonds is 5. The summed E-state index contributed by atoms with van der Waals surface area (Å²) in [4.78, 5) is 2.57. The van der Waals surface area contributed by atoms with E-state index in [1.807, 2.05) is 6.08 Å². The molecular formula is C11H22N2. The molecule has 1 fully saturated rings. The first-order valence-electron chi connectivity index (χ1n) is 5.47. The zero-order valence-electron chi connectivity index (χ0n) is 8.60. The van der Waals surface area contributed by atoms with E-state index in [9.17, 15) is 0 Å². The molecule has 1 aliphatic rings. The van der Waals surface area contributed by atoms with Gasteiger partial charge in [0.2, 0.25) is 0 Å². The topological polar surface area (TPSA) is 15.3 Å². The van der Waals surface area contributed by atoms with Gasteiger partial charge >= 0.3 is 0 Å². The van der Waals surface area contributed by atoms with Gasteiger partial charge in [0.15, 0.2) is 0 Å². The van der Waals surface area contributed by atoms with E-state index >= 15 is 0 Å². The second-order valence-corrected chi connectivity index (χ2v) is 3.75. The second-order valence-electron chi connectivity index (χ2n) is 3.75. The van der Waals surface area contributed by atoms with Crippen LogP contribution in [0.15, 0.2) is 12.7 Å². The second kappa shape index (κ2) is 7.10. The molecule has 2 heteroatoms. The normalized spacial score (nSPS) is 19.7. The van der Waals surface area contributed by atoms with Crippen molar-refractivity contribution in [2.45, 2.75) is 25.7 Å². The van der Waals surface area contributed by atoms with E-state index in [1.165, 1.54) is 45.3 Å². The van der Waals surface area contributed by atoms with Crippen molar-refractivity contribution >= 4 is 0 Å². The number of hydrogen-bond acceptors (Lipinski definition) is 2. The minimum Gasteiger partial charge on any atom is -0.312 e. The molecule has 0 amide bonds. The summed E-state index contributed by atoms with van der Waals surface area (Å²) in [5, 5.41) is 3.34. The first kappa shape index (κ1) is 10.7. The lowest BCUT2D eigenvalue weighted by Gasteiger charge is -2.19. The van der Waals surface area contributed by atoms with E-state index in [0.717, 1.165) is 13.1 Å². The summed E-state index contributed by atoms with van der Waals surface area (Å²) in [5.41, 5.74) is 0. The van der Waals surface area contributed by atoms with Gasteiger partial charge in [0.1, 0.15) is 0 Å². The van der Waals surface area contributed by atoms with E-state index in [-0.39, 0.29) is 0 Å². The van der Waals surface area contributed by atoms with Crippen molar-refractivity contribution < 1.29 is 0 Å². The molecule has 13 heavy (non-hydrogen) atoms. The highest BCUT2D eigenvalue weighted by Gasteiger charge is 2.07. The third-order valence-electron chi connectivity index (χ3n) is 2.59. The van der Waals surface area contributed by atoms with Crippen LogP contribution in [-0.4, -0.2) is 37.6 Å². The van der Waals surface area contributed by atoms with E-state index in [4.69, 9.17) is 0 Å². The van der Waals surface area contributed by atoms with Crippen molar-refractivity contribution in [2.75, 3.05) is 32.7 Å². The van der Waals surface area contributed by atoms with Gasteiger partial charge in [0, 0.05) is 19.6 Å². The van der Waals surface area contributed by atoms with Gasteiger partial charge in [-0.15, -0.1) is 6.58 Å². The summed E-state index contributed by atoms with van der Waals surface area (Å²) in [5.74, 6) is 0. The van der Waals surface area contributed by atoms with Gasteiger partial charge in [-0.2, -0.15) is 0 Å². The first-order chi connectivity index (χ1) is 6.43. The summed E-state index contributed by atoms with van der Waals surface area (Å²) in [6, 6.07) is 0. The third kappa shape index (κ3) is 5.06. The highest BCUT2D eigenvalue weighted by atomic mass is 15.1. The summed E-state index contributed by atoms with van der Waals surface area (Å²) in [7, 11) is 0. The Morgan fingerprint density at radius 1 is 1.15 bits per heavy atom. The minimum atomic E-state index is 0.938.